The van der Waals surface area contributed by atoms with E-state index < -0.39 is 5.41 Å². The molecule has 0 atom stereocenters. The Hall–Kier alpha value is -8.60. The number of furan rings is 2. The molecule has 1 spiro atoms. The monoisotopic (exact) mass is 1070 g/mol. The zero-order chi connectivity index (χ0) is 57.3. The Morgan fingerprint density at radius 2 is 0.720 bits per heavy atom. The first-order valence-corrected chi connectivity index (χ1v) is 29.2. The average Bonchev–Trinajstić information content (AvgIpc) is 1.59. The molecule has 14 rings (SSSR count). The third kappa shape index (κ3) is 8.47. The van der Waals surface area contributed by atoms with Gasteiger partial charge in [-0.25, -0.2) is 0 Å². The van der Waals surface area contributed by atoms with Gasteiger partial charge in [0, 0.05) is 57.1 Å². The summed E-state index contributed by atoms with van der Waals surface area (Å²) < 4.78 is 14.0. The number of hydrogen-bond donors (Lipinski definition) is 0. The third-order valence-corrected chi connectivity index (χ3v) is 17.6. The second kappa shape index (κ2) is 19.0. The van der Waals surface area contributed by atoms with E-state index in [1.807, 2.05) is 0 Å². The van der Waals surface area contributed by atoms with E-state index in [9.17, 15) is 0 Å². The lowest BCUT2D eigenvalue weighted by Gasteiger charge is -2.33. The Labute approximate surface area is 484 Å². The number of anilines is 5. The van der Waals surface area contributed by atoms with Crippen LogP contribution in [0.5, 0.6) is 0 Å². The van der Waals surface area contributed by atoms with Crippen molar-refractivity contribution in [2.24, 2.45) is 0 Å². The normalized spacial score (nSPS) is 13.5. The van der Waals surface area contributed by atoms with Crippen molar-refractivity contribution in [3.05, 3.63) is 257 Å². The van der Waals surface area contributed by atoms with Crippen LogP contribution in [-0.2, 0) is 27.1 Å². The van der Waals surface area contributed by atoms with E-state index in [0.717, 1.165) is 66.5 Å². The molecule has 4 heteroatoms. The summed E-state index contributed by atoms with van der Waals surface area (Å²) in [5.74, 6) is 0. The van der Waals surface area contributed by atoms with Gasteiger partial charge in [0.1, 0.15) is 22.3 Å². The molecule has 0 fully saturated rings. The van der Waals surface area contributed by atoms with E-state index in [-0.39, 0.29) is 21.7 Å². The Balaban J connectivity index is 0.000000242. The van der Waals surface area contributed by atoms with Crippen LogP contribution in [-0.4, -0.2) is 7.05 Å². The summed E-state index contributed by atoms with van der Waals surface area (Å²) in [6.07, 6.45) is 0. The predicted octanol–water partition coefficient (Wildman–Crippen LogP) is 21.9. The second-order valence-electron chi connectivity index (χ2n) is 27.0. The van der Waals surface area contributed by atoms with Gasteiger partial charge in [-0.05, 0) is 150 Å². The minimum Gasteiger partial charge on any atom is -0.456 e. The second-order valence-corrected chi connectivity index (χ2v) is 27.0. The minimum absolute atomic E-state index is 0.0172. The van der Waals surface area contributed by atoms with Gasteiger partial charge in [-0.3, -0.25) is 0 Å². The van der Waals surface area contributed by atoms with Gasteiger partial charge in [-0.15, -0.1) is 0 Å². The highest BCUT2D eigenvalue weighted by Crippen LogP contribution is 2.67. The highest BCUT2D eigenvalue weighted by molar-refractivity contribution is 6.24. The van der Waals surface area contributed by atoms with Crippen molar-refractivity contribution in [2.45, 2.75) is 110 Å². The lowest BCUT2D eigenvalue weighted by molar-refractivity contribution is 0.590. The molecular weight excluding hydrogens is 997 g/mol. The van der Waals surface area contributed by atoms with E-state index in [4.69, 9.17) is 8.83 Å². The van der Waals surface area contributed by atoms with Crippen LogP contribution < -0.4 is 9.80 Å². The lowest BCUT2D eigenvalue weighted by Crippen LogP contribution is -2.26. The molecule has 0 saturated heterocycles. The number of rotatable bonds is 5. The molecule has 0 bridgehead atoms. The summed E-state index contributed by atoms with van der Waals surface area (Å²) in [6, 6.07) is 78.3. The first-order valence-electron chi connectivity index (χ1n) is 29.2. The molecule has 10 aromatic carbocycles. The largest absolute Gasteiger partial charge is 0.456 e. The molecule has 0 aliphatic heterocycles. The molecule has 2 aromatic heterocycles. The smallest absolute Gasteiger partial charge is 0.145 e. The van der Waals surface area contributed by atoms with E-state index >= 15 is 0 Å². The van der Waals surface area contributed by atoms with Gasteiger partial charge in [0.25, 0.3) is 0 Å². The fourth-order valence-corrected chi connectivity index (χ4v) is 13.1. The van der Waals surface area contributed by atoms with Crippen LogP contribution in [0.15, 0.2) is 221 Å². The van der Waals surface area contributed by atoms with E-state index in [1.165, 1.54) is 72.6 Å². The van der Waals surface area contributed by atoms with Gasteiger partial charge >= 0.3 is 0 Å². The molecule has 0 N–H and O–H groups in total. The van der Waals surface area contributed by atoms with Crippen LogP contribution in [0.1, 0.15) is 128 Å². The number of benzene rings is 10. The van der Waals surface area contributed by atoms with Crippen LogP contribution in [0.4, 0.5) is 28.4 Å². The van der Waals surface area contributed by atoms with Crippen molar-refractivity contribution in [3.63, 3.8) is 0 Å². The Kier molecular flexibility index (Phi) is 12.2. The van der Waals surface area contributed by atoms with Crippen molar-refractivity contribution in [1.82, 2.24) is 0 Å². The maximum absolute atomic E-state index is 7.30. The number of fused-ring (bicyclic) bond motifs is 18. The Bertz CT molecular complexity index is 4250. The van der Waals surface area contributed by atoms with Gasteiger partial charge in [0.15, 0.2) is 0 Å². The van der Waals surface area contributed by atoms with E-state index in [1.54, 1.807) is 0 Å². The molecular formula is C78H74N2O2. The fourth-order valence-electron chi connectivity index (χ4n) is 13.1. The van der Waals surface area contributed by atoms with E-state index in [2.05, 4.69) is 312 Å². The molecule has 2 aliphatic carbocycles. The SMILES string of the molecule is CC(C)(C)c1ccc(N(c2ccc(C(C)(C)C)cc2)c2cc3c(c4oc5ccccc5c24)-c2c(ccc4oc5ccccc5c24)C32c3ccccc3-c3ccccc32)cc1.CN(c1ccc(C(C)(C)C)cc1)c1ccc(C(C)(C)C)cc1. The Morgan fingerprint density at radius 1 is 0.329 bits per heavy atom. The topological polar surface area (TPSA) is 32.8 Å². The van der Waals surface area contributed by atoms with Gasteiger partial charge in [-0.1, -0.05) is 223 Å². The quantitative estimate of drug-likeness (QED) is 0.172. The Morgan fingerprint density at radius 3 is 1.17 bits per heavy atom. The predicted molar refractivity (Wildman–Crippen MR) is 348 cm³/mol. The van der Waals surface area contributed by atoms with Crippen LogP contribution in [0.25, 0.3) is 66.1 Å². The van der Waals surface area contributed by atoms with Crippen LogP contribution >= 0.6 is 0 Å². The van der Waals surface area contributed by atoms with Gasteiger partial charge in [0.2, 0.25) is 0 Å². The van der Waals surface area contributed by atoms with Gasteiger partial charge in [0.05, 0.1) is 16.5 Å². The summed E-state index contributed by atoms with van der Waals surface area (Å²) >= 11 is 0. The zero-order valence-corrected chi connectivity index (χ0v) is 49.9. The summed E-state index contributed by atoms with van der Waals surface area (Å²) in [5, 5.41) is 4.42. The van der Waals surface area contributed by atoms with Crippen molar-refractivity contribution in [3.8, 4) is 22.3 Å². The summed E-state index contributed by atoms with van der Waals surface area (Å²) in [7, 11) is 2.12. The van der Waals surface area contributed by atoms with Crippen LogP contribution in [0.2, 0.25) is 0 Å². The first-order chi connectivity index (χ1) is 39.1. The molecule has 12 aromatic rings. The maximum Gasteiger partial charge on any atom is 0.145 e. The van der Waals surface area contributed by atoms with Gasteiger partial charge in [-0.2, -0.15) is 0 Å². The number of para-hydroxylation sites is 2. The highest BCUT2D eigenvalue weighted by atomic mass is 16.3. The molecule has 408 valence electrons. The summed E-state index contributed by atoms with van der Waals surface area (Å²) in [6.45, 7) is 27.2. The molecule has 0 amide bonds. The lowest BCUT2D eigenvalue weighted by atomic mass is 9.70. The van der Waals surface area contributed by atoms with Crippen LogP contribution in [0.3, 0.4) is 0 Å². The van der Waals surface area contributed by atoms with E-state index in [0.29, 0.717) is 0 Å². The molecule has 4 nitrogen and oxygen atoms in total. The third-order valence-electron chi connectivity index (χ3n) is 17.6. The van der Waals surface area contributed by atoms with Crippen molar-refractivity contribution < 1.29 is 8.83 Å². The van der Waals surface area contributed by atoms with Crippen molar-refractivity contribution in [1.29, 1.82) is 0 Å². The summed E-state index contributed by atoms with van der Waals surface area (Å²) in [4.78, 5) is 4.70. The average molecular weight is 1070 g/mol. The molecule has 0 unspecified atom stereocenters. The van der Waals surface area contributed by atoms with Gasteiger partial charge < -0.3 is 18.6 Å². The number of nitrogens with zero attached hydrogens (tertiary/aromatic N) is 2. The molecule has 0 radical (unpaired) electrons. The highest BCUT2D eigenvalue weighted by Gasteiger charge is 2.54. The standard InChI is InChI=1S/C57H45NO2.C21H29N/c1-55(2,3)34-23-27-36(28-24-34)58(37-29-25-35(26-30-37)56(4,5)6)46-33-45-53(54-50(46)40-17-9-14-22-48(40)60-54)52-44(31-32-49-51(52)41-18-10-13-21-47(41)59-49)57(45)42-19-11-7-15-38(42)39-16-8-12-20-43(39)57;1-20(2,3)16-8-12-18(13-9-16)22(7)19-14-10-17(11-15-19)21(4,5)6/h7-33H,1-6H3;8-15H,1-7H3. The fraction of sp³-hybridized carbons (Fsp3) is 0.231. The number of hydrogen-bond acceptors (Lipinski definition) is 4. The molecule has 2 heterocycles. The molecule has 2 aliphatic rings. The molecule has 82 heavy (non-hydrogen) atoms. The van der Waals surface area contributed by atoms with Crippen molar-refractivity contribution >= 4 is 72.3 Å². The zero-order valence-electron chi connectivity index (χ0n) is 49.9. The maximum atomic E-state index is 7.30. The van der Waals surface area contributed by atoms with Crippen molar-refractivity contribution in [2.75, 3.05) is 16.8 Å². The summed E-state index contributed by atoms with van der Waals surface area (Å²) in [5.41, 5.74) is 24.3. The minimum atomic E-state index is -0.621. The molecule has 0 saturated carbocycles. The van der Waals surface area contributed by atoms with Crippen LogP contribution in [0, 0.1) is 0 Å². The first kappa shape index (κ1) is 52.8.